The quantitative estimate of drug-likeness (QED) is 0.468. The van der Waals surface area contributed by atoms with E-state index in [1.165, 1.54) is 29.5 Å². The van der Waals surface area contributed by atoms with Crippen LogP contribution in [0.15, 0.2) is 53.5 Å². The zero-order valence-electron chi connectivity index (χ0n) is 14.4. The van der Waals surface area contributed by atoms with Crippen molar-refractivity contribution < 1.29 is 0 Å². The maximum atomic E-state index is 4.85. The topological polar surface area (TPSA) is 0 Å². The van der Waals surface area contributed by atoms with Gasteiger partial charge < -0.3 is 0 Å². The number of rotatable bonds is 5. The van der Waals surface area contributed by atoms with Gasteiger partial charge in [0.15, 0.2) is 0 Å². The van der Waals surface area contributed by atoms with Crippen LogP contribution in [-0.2, 0) is 6.42 Å². The molecular formula is C21H28S. The Labute approximate surface area is 141 Å². The maximum absolute atomic E-state index is 4.85. The summed E-state index contributed by atoms with van der Waals surface area (Å²) in [6.07, 6.45) is 3.55. The molecule has 0 amide bonds. The van der Waals surface area contributed by atoms with E-state index in [-0.39, 0.29) is 5.41 Å². The molecule has 118 valence electrons. The molecule has 0 unspecified atom stereocenters. The van der Waals surface area contributed by atoms with Crippen molar-refractivity contribution in [3.05, 3.63) is 64.6 Å². The molecule has 22 heavy (non-hydrogen) atoms. The predicted octanol–water partition coefficient (Wildman–Crippen LogP) is 6.46. The van der Waals surface area contributed by atoms with E-state index in [4.69, 9.17) is 12.6 Å². The Hall–Kier alpha value is -1.21. The molecule has 1 saturated carbocycles. The molecule has 0 heterocycles. The van der Waals surface area contributed by atoms with Crippen molar-refractivity contribution in [1.29, 1.82) is 0 Å². The Bertz CT molecular complexity index is 622. The summed E-state index contributed by atoms with van der Waals surface area (Å²) < 4.78 is 0. The lowest BCUT2D eigenvalue weighted by Crippen LogP contribution is -2.11. The van der Waals surface area contributed by atoms with Crippen LogP contribution in [0.1, 0.15) is 51.7 Å². The first kappa shape index (κ1) is 17.1. The minimum atomic E-state index is 0.0662. The summed E-state index contributed by atoms with van der Waals surface area (Å²) in [5.74, 6) is 0.695. The Balaban J connectivity index is 2.32. The number of allylic oxidation sites excluding steroid dienone is 3. The molecule has 0 aromatic heterocycles. The standard InChI is InChI=1S/C21H28S/c1-14(2)18-9-7-8-16(12-18)13-19(17-10-11-17)20(22)15(3)21(4,5)6/h7-9,12,17,22H,1,3,10-11,13H2,2,4-6H3/b20-19-. The van der Waals surface area contributed by atoms with Gasteiger partial charge in [-0.25, -0.2) is 0 Å². The highest BCUT2D eigenvalue weighted by Gasteiger charge is 2.30. The van der Waals surface area contributed by atoms with Crippen molar-refractivity contribution >= 4 is 18.2 Å². The molecule has 1 aliphatic carbocycles. The van der Waals surface area contributed by atoms with Crippen LogP contribution in [0, 0.1) is 11.3 Å². The van der Waals surface area contributed by atoms with Crippen LogP contribution in [0.3, 0.4) is 0 Å². The van der Waals surface area contributed by atoms with E-state index in [0.717, 1.165) is 22.5 Å². The van der Waals surface area contributed by atoms with Crippen molar-refractivity contribution in [2.45, 2.75) is 47.0 Å². The molecule has 0 spiro atoms. The molecular weight excluding hydrogens is 284 g/mol. The fraction of sp³-hybridized carbons (Fsp3) is 0.429. The zero-order valence-corrected chi connectivity index (χ0v) is 15.3. The molecule has 0 bridgehead atoms. The van der Waals surface area contributed by atoms with E-state index < -0.39 is 0 Å². The zero-order chi connectivity index (χ0) is 16.5. The first-order valence-corrected chi connectivity index (χ1v) is 8.51. The summed E-state index contributed by atoms with van der Waals surface area (Å²) in [7, 11) is 0. The lowest BCUT2D eigenvalue weighted by atomic mass is 9.84. The van der Waals surface area contributed by atoms with Crippen LogP contribution in [0.2, 0.25) is 0 Å². The Morgan fingerprint density at radius 3 is 2.36 bits per heavy atom. The lowest BCUT2D eigenvalue weighted by Gasteiger charge is -2.24. The Morgan fingerprint density at radius 2 is 1.86 bits per heavy atom. The van der Waals surface area contributed by atoms with Crippen LogP contribution in [0.5, 0.6) is 0 Å². The molecule has 0 radical (unpaired) electrons. The van der Waals surface area contributed by atoms with E-state index >= 15 is 0 Å². The number of hydrogen-bond donors (Lipinski definition) is 1. The van der Waals surface area contributed by atoms with Gasteiger partial charge in [0.25, 0.3) is 0 Å². The second-order valence-electron chi connectivity index (χ2n) is 7.53. The first-order chi connectivity index (χ1) is 10.2. The maximum Gasteiger partial charge on any atom is 0.00696 e. The van der Waals surface area contributed by atoms with Gasteiger partial charge in [0.1, 0.15) is 0 Å². The van der Waals surface area contributed by atoms with Gasteiger partial charge in [-0.2, -0.15) is 0 Å². The van der Waals surface area contributed by atoms with Crippen molar-refractivity contribution in [1.82, 2.24) is 0 Å². The van der Waals surface area contributed by atoms with Gasteiger partial charge in [-0.05, 0) is 59.8 Å². The number of benzene rings is 1. The normalized spacial score (nSPS) is 16.2. The highest BCUT2D eigenvalue weighted by molar-refractivity contribution is 7.84. The fourth-order valence-electron chi connectivity index (χ4n) is 2.57. The van der Waals surface area contributed by atoms with E-state index in [2.05, 4.69) is 65.1 Å². The fourth-order valence-corrected chi connectivity index (χ4v) is 3.17. The highest BCUT2D eigenvalue weighted by Crippen LogP contribution is 2.44. The summed E-state index contributed by atoms with van der Waals surface area (Å²) in [6.45, 7) is 17.0. The third-order valence-corrected chi connectivity index (χ3v) is 4.94. The summed E-state index contributed by atoms with van der Waals surface area (Å²) >= 11 is 4.85. The lowest BCUT2D eigenvalue weighted by molar-refractivity contribution is 0.516. The largest absolute Gasteiger partial charge is 0.143 e. The molecule has 2 rings (SSSR count). The van der Waals surface area contributed by atoms with Crippen LogP contribution < -0.4 is 0 Å². The Kier molecular flexibility index (Phi) is 5.07. The summed E-state index contributed by atoms with van der Waals surface area (Å²) in [5, 5.41) is 0. The third kappa shape index (κ3) is 4.16. The summed E-state index contributed by atoms with van der Waals surface area (Å²) in [5.41, 5.74) is 6.36. The molecule has 0 saturated heterocycles. The van der Waals surface area contributed by atoms with Crippen molar-refractivity contribution in [3.8, 4) is 0 Å². The Morgan fingerprint density at radius 1 is 1.23 bits per heavy atom. The van der Waals surface area contributed by atoms with Crippen LogP contribution in [0.25, 0.3) is 5.57 Å². The highest BCUT2D eigenvalue weighted by atomic mass is 32.1. The van der Waals surface area contributed by atoms with Crippen molar-refractivity contribution in [2.24, 2.45) is 11.3 Å². The third-order valence-electron chi connectivity index (χ3n) is 4.38. The molecule has 1 aliphatic rings. The van der Waals surface area contributed by atoms with Crippen LogP contribution in [0.4, 0.5) is 0 Å². The summed E-state index contributed by atoms with van der Waals surface area (Å²) in [4.78, 5) is 1.12. The minimum Gasteiger partial charge on any atom is -0.143 e. The first-order valence-electron chi connectivity index (χ1n) is 8.06. The van der Waals surface area contributed by atoms with Crippen molar-refractivity contribution in [2.75, 3.05) is 0 Å². The summed E-state index contributed by atoms with van der Waals surface area (Å²) in [6, 6.07) is 8.71. The minimum absolute atomic E-state index is 0.0662. The molecule has 0 N–H and O–H groups in total. The molecule has 0 aliphatic heterocycles. The molecule has 1 heteroatoms. The van der Waals surface area contributed by atoms with E-state index in [1.807, 2.05) is 0 Å². The molecule has 0 nitrogen and oxygen atoms in total. The van der Waals surface area contributed by atoms with Gasteiger partial charge in [0.2, 0.25) is 0 Å². The molecule has 1 aromatic carbocycles. The van der Waals surface area contributed by atoms with Crippen molar-refractivity contribution in [3.63, 3.8) is 0 Å². The van der Waals surface area contributed by atoms with Gasteiger partial charge in [0.05, 0.1) is 0 Å². The van der Waals surface area contributed by atoms with E-state index in [9.17, 15) is 0 Å². The average molecular weight is 313 g/mol. The van der Waals surface area contributed by atoms with Gasteiger partial charge >= 0.3 is 0 Å². The monoisotopic (exact) mass is 312 g/mol. The SMILES string of the molecule is C=C(C)c1cccc(C/C(=C(/S)C(=C)C(C)(C)C)C2CC2)c1. The second-order valence-corrected chi connectivity index (χ2v) is 7.98. The van der Waals surface area contributed by atoms with Crippen LogP contribution >= 0.6 is 12.6 Å². The van der Waals surface area contributed by atoms with Gasteiger partial charge in [0, 0.05) is 4.91 Å². The molecule has 0 atom stereocenters. The smallest absolute Gasteiger partial charge is 0.00696 e. The second kappa shape index (κ2) is 6.50. The van der Waals surface area contributed by atoms with E-state index in [1.54, 1.807) is 0 Å². The number of hydrogen-bond acceptors (Lipinski definition) is 1. The van der Waals surface area contributed by atoms with Gasteiger partial charge in [-0.3, -0.25) is 0 Å². The van der Waals surface area contributed by atoms with E-state index in [0.29, 0.717) is 5.92 Å². The predicted molar refractivity (Wildman–Crippen MR) is 102 cm³/mol. The molecule has 1 fully saturated rings. The van der Waals surface area contributed by atoms with Crippen LogP contribution in [-0.4, -0.2) is 0 Å². The van der Waals surface area contributed by atoms with Gasteiger partial charge in [-0.1, -0.05) is 63.8 Å². The molecule has 1 aromatic rings. The average Bonchev–Trinajstić information content (AvgIpc) is 3.27. The van der Waals surface area contributed by atoms with Gasteiger partial charge in [-0.15, -0.1) is 12.6 Å². The number of thiol groups is 1.